The smallest absolute Gasteiger partial charge is 0.282 e. The van der Waals surface area contributed by atoms with Gasteiger partial charge >= 0.3 is 0 Å². The molecule has 0 bridgehead atoms. The fraction of sp³-hybridized carbons (Fsp3) is 1.00. The van der Waals surface area contributed by atoms with Gasteiger partial charge in [-0.1, -0.05) is 6.92 Å². The standard InChI is InChI=1S/C10H20N2O4S/c1-8-2-4-11(5-3-8)17(15,16)12-6-9(13)10(14)7-12/h8-10,13-14H,2-7H2,1H3. The SMILES string of the molecule is CC1CCN(S(=O)(=O)N2CC(O)C(O)C2)CC1. The zero-order valence-corrected chi connectivity index (χ0v) is 10.8. The normalized spacial score (nSPS) is 34.3. The van der Waals surface area contributed by atoms with Gasteiger partial charge in [-0.05, 0) is 18.8 Å². The summed E-state index contributed by atoms with van der Waals surface area (Å²) in [4.78, 5) is 0. The fourth-order valence-electron chi connectivity index (χ4n) is 2.30. The van der Waals surface area contributed by atoms with Gasteiger partial charge in [0, 0.05) is 26.2 Å². The Bertz CT molecular complexity index is 355. The molecule has 7 heteroatoms. The van der Waals surface area contributed by atoms with Crippen molar-refractivity contribution in [2.45, 2.75) is 32.0 Å². The van der Waals surface area contributed by atoms with Gasteiger partial charge in [-0.15, -0.1) is 0 Å². The number of hydrogen-bond donors (Lipinski definition) is 2. The zero-order valence-electron chi connectivity index (χ0n) is 9.99. The van der Waals surface area contributed by atoms with Crippen LogP contribution in [0.3, 0.4) is 0 Å². The Morgan fingerprint density at radius 1 is 1.00 bits per heavy atom. The van der Waals surface area contributed by atoms with Gasteiger partial charge in [0.15, 0.2) is 0 Å². The Hall–Kier alpha value is -0.210. The highest BCUT2D eigenvalue weighted by Crippen LogP contribution is 2.23. The van der Waals surface area contributed by atoms with Crippen molar-refractivity contribution in [2.24, 2.45) is 5.92 Å². The maximum absolute atomic E-state index is 12.2. The molecule has 17 heavy (non-hydrogen) atoms. The van der Waals surface area contributed by atoms with Gasteiger partial charge in [0.05, 0.1) is 12.2 Å². The lowest BCUT2D eigenvalue weighted by atomic mass is 10.0. The molecule has 2 rings (SSSR count). The first-order chi connectivity index (χ1) is 7.91. The maximum Gasteiger partial charge on any atom is 0.282 e. The van der Waals surface area contributed by atoms with Crippen molar-refractivity contribution in [2.75, 3.05) is 26.2 Å². The minimum atomic E-state index is -3.50. The topological polar surface area (TPSA) is 81.1 Å². The number of aliphatic hydroxyl groups excluding tert-OH is 2. The molecule has 0 aromatic rings. The Morgan fingerprint density at radius 3 is 1.94 bits per heavy atom. The van der Waals surface area contributed by atoms with E-state index in [0.29, 0.717) is 19.0 Å². The molecule has 0 saturated carbocycles. The molecule has 2 fully saturated rings. The van der Waals surface area contributed by atoms with E-state index in [9.17, 15) is 18.6 Å². The van der Waals surface area contributed by atoms with Crippen molar-refractivity contribution in [1.29, 1.82) is 0 Å². The predicted octanol–water partition coefficient (Wildman–Crippen LogP) is -0.999. The van der Waals surface area contributed by atoms with E-state index in [0.717, 1.165) is 12.8 Å². The molecule has 2 aliphatic heterocycles. The van der Waals surface area contributed by atoms with Crippen LogP contribution in [0, 0.1) is 5.92 Å². The molecule has 0 aromatic carbocycles. The van der Waals surface area contributed by atoms with E-state index in [1.165, 1.54) is 8.61 Å². The Labute approximate surface area is 102 Å². The second-order valence-corrected chi connectivity index (χ2v) is 6.97. The summed E-state index contributed by atoms with van der Waals surface area (Å²) in [5, 5.41) is 18.8. The van der Waals surface area contributed by atoms with Crippen LogP contribution in [0.15, 0.2) is 0 Å². The summed E-state index contributed by atoms with van der Waals surface area (Å²) in [6, 6.07) is 0. The molecule has 2 saturated heterocycles. The lowest BCUT2D eigenvalue weighted by molar-refractivity contribution is 0.0572. The van der Waals surface area contributed by atoms with Crippen LogP contribution >= 0.6 is 0 Å². The van der Waals surface area contributed by atoms with Crippen LogP contribution in [-0.4, -0.2) is 65.6 Å². The van der Waals surface area contributed by atoms with Crippen LogP contribution in [0.2, 0.25) is 0 Å². The van der Waals surface area contributed by atoms with E-state index >= 15 is 0 Å². The predicted molar refractivity (Wildman–Crippen MR) is 62.5 cm³/mol. The molecule has 0 spiro atoms. The van der Waals surface area contributed by atoms with Crippen molar-refractivity contribution in [1.82, 2.24) is 8.61 Å². The van der Waals surface area contributed by atoms with Gasteiger partial charge in [-0.2, -0.15) is 17.0 Å². The minimum Gasteiger partial charge on any atom is -0.389 e. The zero-order chi connectivity index (χ0) is 12.6. The summed E-state index contributed by atoms with van der Waals surface area (Å²) >= 11 is 0. The van der Waals surface area contributed by atoms with Gasteiger partial charge in [0.2, 0.25) is 0 Å². The third-order valence-electron chi connectivity index (χ3n) is 3.62. The number of aliphatic hydroxyl groups is 2. The average Bonchev–Trinajstić information content (AvgIpc) is 2.60. The van der Waals surface area contributed by atoms with Crippen LogP contribution in [0.1, 0.15) is 19.8 Å². The number of β-amino-alcohol motifs (C(OH)–C–C–N with tert-alkyl or cyclic N) is 2. The quantitative estimate of drug-likeness (QED) is 0.670. The third kappa shape index (κ3) is 2.63. The van der Waals surface area contributed by atoms with E-state index in [1.54, 1.807) is 0 Å². The lowest BCUT2D eigenvalue weighted by Crippen LogP contribution is -2.46. The van der Waals surface area contributed by atoms with E-state index in [2.05, 4.69) is 6.92 Å². The lowest BCUT2D eigenvalue weighted by Gasteiger charge is -2.32. The first kappa shape index (κ1) is 13.2. The second kappa shape index (κ2) is 4.81. The highest BCUT2D eigenvalue weighted by molar-refractivity contribution is 7.86. The van der Waals surface area contributed by atoms with Crippen LogP contribution in [0.5, 0.6) is 0 Å². The molecule has 2 aliphatic rings. The average molecular weight is 264 g/mol. The highest BCUT2D eigenvalue weighted by atomic mass is 32.2. The van der Waals surface area contributed by atoms with Crippen molar-refractivity contribution >= 4 is 10.2 Å². The van der Waals surface area contributed by atoms with E-state index < -0.39 is 22.4 Å². The first-order valence-electron chi connectivity index (χ1n) is 6.02. The molecule has 2 N–H and O–H groups in total. The number of piperidine rings is 1. The largest absolute Gasteiger partial charge is 0.389 e. The summed E-state index contributed by atoms with van der Waals surface area (Å²) in [5.41, 5.74) is 0. The van der Waals surface area contributed by atoms with Gasteiger partial charge in [0.25, 0.3) is 10.2 Å². The van der Waals surface area contributed by atoms with Crippen LogP contribution in [0.25, 0.3) is 0 Å². The third-order valence-corrected chi connectivity index (χ3v) is 5.59. The number of rotatable bonds is 2. The monoisotopic (exact) mass is 264 g/mol. The number of hydrogen-bond acceptors (Lipinski definition) is 4. The number of nitrogens with zero attached hydrogens (tertiary/aromatic N) is 2. The van der Waals surface area contributed by atoms with E-state index in [1.807, 2.05) is 0 Å². The minimum absolute atomic E-state index is 0.00441. The van der Waals surface area contributed by atoms with Crippen molar-refractivity contribution in [3.63, 3.8) is 0 Å². The van der Waals surface area contributed by atoms with Crippen LogP contribution in [0.4, 0.5) is 0 Å². The Morgan fingerprint density at radius 2 is 1.47 bits per heavy atom. The van der Waals surface area contributed by atoms with Crippen molar-refractivity contribution in [3.8, 4) is 0 Å². The van der Waals surface area contributed by atoms with Gasteiger partial charge in [0.1, 0.15) is 0 Å². The van der Waals surface area contributed by atoms with E-state index in [-0.39, 0.29) is 13.1 Å². The fourth-order valence-corrected chi connectivity index (χ4v) is 3.98. The molecule has 0 radical (unpaired) electrons. The van der Waals surface area contributed by atoms with Crippen molar-refractivity contribution < 1.29 is 18.6 Å². The summed E-state index contributed by atoms with van der Waals surface area (Å²) < 4.78 is 27.1. The molecule has 0 aromatic heterocycles. The summed E-state index contributed by atoms with van der Waals surface area (Å²) in [5.74, 6) is 0.566. The molecular formula is C10H20N2O4S. The Balaban J connectivity index is 2.04. The first-order valence-corrected chi connectivity index (χ1v) is 7.42. The van der Waals surface area contributed by atoms with E-state index in [4.69, 9.17) is 0 Å². The molecule has 0 amide bonds. The highest BCUT2D eigenvalue weighted by Gasteiger charge is 2.40. The molecular weight excluding hydrogens is 244 g/mol. The molecule has 0 aliphatic carbocycles. The maximum atomic E-state index is 12.2. The summed E-state index contributed by atoms with van der Waals surface area (Å²) in [6.45, 7) is 3.18. The van der Waals surface area contributed by atoms with Gasteiger partial charge in [-0.3, -0.25) is 0 Å². The van der Waals surface area contributed by atoms with Crippen LogP contribution in [-0.2, 0) is 10.2 Å². The molecule has 2 atom stereocenters. The molecule has 2 unspecified atom stereocenters. The molecule has 2 heterocycles. The molecule has 100 valence electrons. The summed E-state index contributed by atoms with van der Waals surface area (Å²) in [7, 11) is -3.50. The van der Waals surface area contributed by atoms with Gasteiger partial charge in [-0.25, -0.2) is 0 Å². The Kier molecular flexibility index (Phi) is 3.74. The van der Waals surface area contributed by atoms with Crippen LogP contribution < -0.4 is 0 Å². The van der Waals surface area contributed by atoms with Gasteiger partial charge < -0.3 is 10.2 Å². The summed E-state index contributed by atoms with van der Waals surface area (Å²) in [6.07, 6.45) is -0.182. The van der Waals surface area contributed by atoms with Crippen molar-refractivity contribution in [3.05, 3.63) is 0 Å². The molecule has 6 nitrogen and oxygen atoms in total. The second-order valence-electron chi connectivity index (χ2n) is 5.04.